The maximum Gasteiger partial charge on any atom is 0.387 e. The highest BCUT2D eigenvalue weighted by Gasteiger charge is 2.16. The molecule has 138 valence electrons. The predicted octanol–water partition coefficient (Wildman–Crippen LogP) is 3.49. The van der Waals surface area contributed by atoms with E-state index in [-0.39, 0.29) is 11.9 Å². The van der Waals surface area contributed by atoms with Gasteiger partial charge >= 0.3 is 6.61 Å². The van der Waals surface area contributed by atoms with E-state index in [9.17, 15) is 13.6 Å². The van der Waals surface area contributed by atoms with Crippen LogP contribution in [-0.2, 0) is 4.74 Å². The van der Waals surface area contributed by atoms with Crippen LogP contribution in [0.4, 0.5) is 14.5 Å². The first kappa shape index (κ1) is 18.1. The number of benzene rings is 1. The van der Waals surface area contributed by atoms with Gasteiger partial charge in [-0.3, -0.25) is 4.79 Å². The SMILES string of the molecule is O=C(Nc1cccc(OC(F)F)c1)c1ccc(OCC2CCCO2)nc1. The van der Waals surface area contributed by atoms with Crippen LogP contribution in [-0.4, -0.2) is 36.8 Å². The standard InChI is InChI=1S/C18H18F2N2O4/c19-18(20)26-14-4-1-3-13(9-14)22-17(23)12-6-7-16(21-10-12)25-11-15-5-2-8-24-15/h1,3-4,6-7,9-10,15,18H,2,5,8,11H2,(H,22,23). The minimum absolute atomic E-state index is 0.0335. The van der Waals surface area contributed by atoms with Crippen molar-refractivity contribution >= 4 is 11.6 Å². The van der Waals surface area contributed by atoms with E-state index in [0.29, 0.717) is 23.7 Å². The Morgan fingerprint density at radius 1 is 1.35 bits per heavy atom. The summed E-state index contributed by atoms with van der Waals surface area (Å²) in [6.07, 6.45) is 3.47. The largest absolute Gasteiger partial charge is 0.475 e. The van der Waals surface area contributed by atoms with Gasteiger partial charge < -0.3 is 19.5 Å². The molecule has 1 fully saturated rings. The molecule has 0 saturated carbocycles. The van der Waals surface area contributed by atoms with Crippen molar-refractivity contribution in [3.8, 4) is 11.6 Å². The number of hydrogen-bond acceptors (Lipinski definition) is 5. The molecule has 1 unspecified atom stereocenters. The van der Waals surface area contributed by atoms with Gasteiger partial charge in [0.25, 0.3) is 5.91 Å². The Morgan fingerprint density at radius 3 is 2.92 bits per heavy atom. The highest BCUT2D eigenvalue weighted by molar-refractivity contribution is 6.04. The highest BCUT2D eigenvalue weighted by atomic mass is 19.3. The Bertz CT molecular complexity index is 734. The molecule has 1 aromatic carbocycles. The lowest BCUT2D eigenvalue weighted by Gasteiger charge is -2.11. The van der Waals surface area contributed by atoms with Gasteiger partial charge in [0.2, 0.25) is 5.88 Å². The third-order valence-electron chi connectivity index (χ3n) is 3.76. The number of carbonyl (C=O) groups excluding carboxylic acids is 1. The van der Waals surface area contributed by atoms with Crippen LogP contribution in [0.5, 0.6) is 11.6 Å². The molecular formula is C18H18F2N2O4. The van der Waals surface area contributed by atoms with Crippen molar-refractivity contribution < 1.29 is 27.8 Å². The van der Waals surface area contributed by atoms with Crippen LogP contribution >= 0.6 is 0 Å². The number of halogens is 2. The molecule has 1 amide bonds. The third kappa shape index (κ3) is 5.13. The second-order valence-corrected chi connectivity index (χ2v) is 5.69. The smallest absolute Gasteiger partial charge is 0.387 e. The molecule has 2 heterocycles. The van der Waals surface area contributed by atoms with Crippen LogP contribution in [0.15, 0.2) is 42.6 Å². The van der Waals surface area contributed by atoms with E-state index in [1.54, 1.807) is 18.2 Å². The first-order valence-corrected chi connectivity index (χ1v) is 8.17. The zero-order chi connectivity index (χ0) is 18.4. The Morgan fingerprint density at radius 2 is 2.23 bits per heavy atom. The van der Waals surface area contributed by atoms with Gasteiger partial charge in [-0.1, -0.05) is 6.07 Å². The van der Waals surface area contributed by atoms with Gasteiger partial charge in [-0.2, -0.15) is 8.78 Å². The molecule has 0 aliphatic carbocycles. The number of ether oxygens (including phenoxy) is 3. The topological polar surface area (TPSA) is 69.7 Å². The highest BCUT2D eigenvalue weighted by Crippen LogP contribution is 2.20. The van der Waals surface area contributed by atoms with Gasteiger partial charge in [-0.05, 0) is 31.0 Å². The van der Waals surface area contributed by atoms with Crippen molar-refractivity contribution in [2.45, 2.75) is 25.6 Å². The van der Waals surface area contributed by atoms with Crippen LogP contribution in [0.25, 0.3) is 0 Å². The zero-order valence-corrected chi connectivity index (χ0v) is 13.9. The number of nitrogens with zero attached hydrogens (tertiary/aromatic N) is 1. The third-order valence-corrected chi connectivity index (χ3v) is 3.76. The maximum absolute atomic E-state index is 12.2. The number of anilines is 1. The van der Waals surface area contributed by atoms with E-state index < -0.39 is 12.5 Å². The van der Waals surface area contributed by atoms with E-state index in [1.807, 2.05) is 0 Å². The van der Waals surface area contributed by atoms with Crippen molar-refractivity contribution in [2.24, 2.45) is 0 Å². The average Bonchev–Trinajstić information content (AvgIpc) is 3.14. The molecule has 2 aromatic rings. The summed E-state index contributed by atoms with van der Waals surface area (Å²) in [6.45, 7) is -1.74. The quantitative estimate of drug-likeness (QED) is 0.814. The van der Waals surface area contributed by atoms with Gasteiger partial charge in [0, 0.05) is 30.6 Å². The number of carbonyl (C=O) groups is 1. The molecule has 0 bridgehead atoms. The van der Waals surface area contributed by atoms with Crippen molar-refractivity contribution in [3.63, 3.8) is 0 Å². The van der Waals surface area contributed by atoms with Crippen LogP contribution in [0, 0.1) is 0 Å². The second-order valence-electron chi connectivity index (χ2n) is 5.69. The average molecular weight is 364 g/mol. The van der Waals surface area contributed by atoms with E-state index in [1.165, 1.54) is 24.4 Å². The normalized spacial score (nSPS) is 16.5. The van der Waals surface area contributed by atoms with E-state index in [2.05, 4.69) is 15.0 Å². The summed E-state index contributed by atoms with van der Waals surface area (Å²) in [5, 5.41) is 2.60. The minimum atomic E-state index is -2.92. The van der Waals surface area contributed by atoms with Crippen LogP contribution in [0.2, 0.25) is 0 Å². The Hall–Kier alpha value is -2.74. The minimum Gasteiger partial charge on any atom is -0.475 e. The first-order valence-electron chi connectivity index (χ1n) is 8.17. The molecule has 3 rings (SSSR count). The van der Waals surface area contributed by atoms with Crippen molar-refractivity contribution in [3.05, 3.63) is 48.2 Å². The van der Waals surface area contributed by atoms with Gasteiger partial charge in [-0.15, -0.1) is 0 Å². The number of hydrogen-bond donors (Lipinski definition) is 1. The Kier molecular flexibility index (Phi) is 5.96. The fourth-order valence-electron chi connectivity index (χ4n) is 2.51. The molecule has 1 saturated heterocycles. The predicted molar refractivity (Wildman–Crippen MR) is 89.7 cm³/mol. The van der Waals surface area contributed by atoms with Gasteiger partial charge in [-0.25, -0.2) is 4.98 Å². The summed E-state index contributed by atoms with van der Waals surface area (Å²) < 4.78 is 39.8. The van der Waals surface area contributed by atoms with Crippen molar-refractivity contribution in [2.75, 3.05) is 18.5 Å². The number of pyridine rings is 1. The molecule has 0 radical (unpaired) electrons. The van der Waals surface area contributed by atoms with E-state index >= 15 is 0 Å². The van der Waals surface area contributed by atoms with Crippen molar-refractivity contribution in [1.82, 2.24) is 4.98 Å². The summed E-state index contributed by atoms with van der Waals surface area (Å²) in [6, 6.07) is 8.95. The number of amides is 1. The molecular weight excluding hydrogens is 346 g/mol. The van der Waals surface area contributed by atoms with Gasteiger partial charge in [0.1, 0.15) is 12.4 Å². The molecule has 8 heteroatoms. The van der Waals surface area contributed by atoms with Crippen LogP contribution in [0.3, 0.4) is 0 Å². The summed E-state index contributed by atoms with van der Waals surface area (Å²) in [5.41, 5.74) is 0.654. The zero-order valence-electron chi connectivity index (χ0n) is 13.9. The lowest BCUT2D eigenvalue weighted by molar-refractivity contribution is -0.0498. The van der Waals surface area contributed by atoms with E-state index in [0.717, 1.165) is 19.4 Å². The number of rotatable bonds is 7. The fraction of sp³-hybridized carbons (Fsp3) is 0.333. The summed E-state index contributed by atoms with van der Waals surface area (Å²) in [4.78, 5) is 16.3. The molecule has 1 N–H and O–H groups in total. The number of aromatic nitrogens is 1. The number of nitrogens with one attached hydrogen (secondary N) is 1. The van der Waals surface area contributed by atoms with Crippen LogP contribution in [0.1, 0.15) is 23.2 Å². The van der Waals surface area contributed by atoms with E-state index in [4.69, 9.17) is 9.47 Å². The van der Waals surface area contributed by atoms with Gasteiger partial charge in [0.05, 0.1) is 11.7 Å². The molecule has 1 aromatic heterocycles. The monoisotopic (exact) mass is 364 g/mol. The molecule has 0 spiro atoms. The Balaban J connectivity index is 1.56. The summed E-state index contributed by atoms with van der Waals surface area (Å²) >= 11 is 0. The lowest BCUT2D eigenvalue weighted by Crippen LogP contribution is -2.17. The molecule has 1 aliphatic rings. The number of alkyl halides is 2. The summed E-state index contributed by atoms with van der Waals surface area (Å²) in [7, 11) is 0. The van der Waals surface area contributed by atoms with Crippen molar-refractivity contribution in [1.29, 1.82) is 0 Å². The molecule has 26 heavy (non-hydrogen) atoms. The summed E-state index contributed by atoms with van der Waals surface area (Å²) in [5.74, 6) is -0.0458. The molecule has 1 atom stereocenters. The van der Waals surface area contributed by atoms with Crippen LogP contribution < -0.4 is 14.8 Å². The molecule has 1 aliphatic heterocycles. The lowest BCUT2D eigenvalue weighted by atomic mass is 10.2. The first-order chi connectivity index (χ1) is 12.6. The maximum atomic E-state index is 12.2. The second kappa shape index (κ2) is 8.57. The Labute approximate surface area is 149 Å². The van der Waals surface area contributed by atoms with Gasteiger partial charge in [0.15, 0.2) is 0 Å². The fourth-order valence-corrected chi connectivity index (χ4v) is 2.51. The molecule has 6 nitrogen and oxygen atoms in total.